The van der Waals surface area contributed by atoms with Gasteiger partial charge in [-0.25, -0.2) is 4.79 Å². The fraction of sp³-hybridized carbons (Fsp3) is 0.172. The van der Waals surface area contributed by atoms with Crippen LogP contribution in [-0.2, 0) is 12.5 Å². The van der Waals surface area contributed by atoms with E-state index in [4.69, 9.17) is 9.47 Å². The largest absolute Gasteiger partial charge is 0.452 e. The molecular formula is C29H25NO4. The van der Waals surface area contributed by atoms with Gasteiger partial charge in [0.2, 0.25) is 5.78 Å². The van der Waals surface area contributed by atoms with Crippen LogP contribution in [-0.4, -0.2) is 16.3 Å². The Morgan fingerprint density at radius 3 is 2.47 bits per heavy atom. The van der Waals surface area contributed by atoms with Crippen molar-refractivity contribution in [1.82, 2.24) is 4.57 Å². The molecule has 5 rings (SSSR count). The van der Waals surface area contributed by atoms with Crippen molar-refractivity contribution in [3.05, 3.63) is 101 Å². The molecule has 1 aliphatic heterocycles. The number of ether oxygens (including phenoxy) is 2. The third-order valence-electron chi connectivity index (χ3n) is 6.05. The molecule has 0 fully saturated rings. The van der Waals surface area contributed by atoms with Gasteiger partial charge in [0, 0.05) is 35.8 Å². The Kier molecular flexibility index (Phi) is 5.13. The van der Waals surface area contributed by atoms with Gasteiger partial charge in [-0.2, -0.15) is 0 Å². The fourth-order valence-electron chi connectivity index (χ4n) is 4.13. The van der Waals surface area contributed by atoms with Crippen LogP contribution in [0.3, 0.4) is 0 Å². The third-order valence-corrected chi connectivity index (χ3v) is 6.05. The first kappa shape index (κ1) is 21.7. The summed E-state index contributed by atoms with van der Waals surface area (Å²) in [6.07, 6.45) is 3.72. The molecule has 5 heteroatoms. The lowest BCUT2D eigenvalue weighted by molar-refractivity contribution is 0.0734. The lowest BCUT2D eigenvalue weighted by Crippen LogP contribution is -2.12. The first-order chi connectivity index (χ1) is 16.2. The molecule has 0 saturated heterocycles. The van der Waals surface area contributed by atoms with Crippen molar-refractivity contribution in [2.45, 2.75) is 26.2 Å². The van der Waals surface area contributed by atoms with E-state index in [2.05, 4.69) is 20.8 Å². The molecule has 1 aliphatic rings. The number of benzene rings is 3. The summed E-state index contributed by atoms with van der Waals surface area (Å²) >= 11 is 0. The summed E-state index contributed by atoms with van der Waals surface area (Å²) in [6, 6.07) is 20.2. The number of hydrogen-bond acceptors (Lipinski definition) is 4. The Balaban J connectivity index is 1.37. The minimum atomic E-state index is -0.462. The smallest absolute Gasteiger partial charge is 0.343 e. The van der Waals surface area contributed by atoms with E-state index in [1.807, 2.05) is 54.2 Å². The van der Waals surface area contributed by atoms with Gasteiger partial charge >= 0.3 is 5.97 Å². The van der Waals surface area contributed by atoms with Crippen molar-refractivity contribution >= 4 is 28.7 Å². The number of esters is 1. The number of aromatic nitrogens is 1. The van der Waals surface area contributed by atoms with Crippen LogP contribution in [0.25, 0.3) is 17.0 Å². The zero-order valence-electron chi connectivity index (χ0n) is 19.6. The maximum atomic E-state index is 12.9. The van der Waals surface area contributed by atoms with E-state index in [1.165, 1.54) is 0 Å². The quantitative estimate of drug-likeness (QED) is 0.208. The minimum Gasteiger partial charge on any atom is -0.452 e. The number of hydrogen-bond donors (Lipinski definition) is 0. The summed E-state index contributed by atoms with van der Waals surface area (Å²) in [5.41, 5.74) is 4.02. The molecule has 0 aliphatic carbocycles. The van der Waals surface area contributed by atoms with Gasteiger partial charge in [0.15, 0.2) is 5.76 Å². The lowest BCUT2D eigenvalue weighted by atomic mass is 9.87. The molecular weight excluding hydrogens is 426 g/mol. The van der Waals surface area contributed by atoms with Gasteiger partial charge in [0.05, 0.1) is 11.1 Å². The average Bonchev–Trinajstić information content (AvgIpc) is 3.29. The summed E-state index contributed by atoms with van der Waals surface area (Å²) in [4.78, 5) is 25.5. The number of carbonyl (C=O) groups excluding carboxylic acids is 2. The van der Waals surface area contributed by atoms with Crippen LogP contribution in [0, 0.1) is 0 Å². The number of nitrogens with zero attached hydrogens (tertiary/aromatic N) is 1. The standard InChI is InChI=1S/C29H25NO4/c1-29(2,3)20-11-9-18(10-12-20)28(32)33-21-13-14-23-25(16-21)34-26(27(23)31)15-19-17-30(4)24-8-6-5-7-22(19)24/h5-17H,1-4H3. The normalized spacial score (nSPS) is 14.4. The van der Waals surface area contributed by atoms with E-state index in [0.717, 1.165) is 22.0 Å². The second-order valence-electron chi connectivity index (χ2n) is 9.53. The highest BCUT2D eigenvalue weighted by molar-refractivity contribution is 6.15. The first-order valence-corrected chi connectivity index (χ1v) is 11.2. The monoisotopic (exact) mass is 451 g/mol. The molecule has 5 nitrogen and oxygen atoms in total. The Morgan fingerprint density at radius 2 is 1.74 bits per heavy atom. The molecule has 170 valence electrons. The Morgan fingerprint density at radius 1 is 1.00 bits per heavy atom. The number of fused-ring (bicyclic) bond motifs is 2. The highest BCUT2D eigenvalue weighted by Gasteiger charge is 2.28. The highest BCUT2D eigenvalue weighted by Crippen LogP contribution is 2.36. The van der Waals surface area contributed by atoms with Crippen LogP contribution in [0.2, 0.25) is 0 Å². The molecule has 3 aromatic carbocycles. The van der Waals surface area contributed by atoms with Crippen LogP contribution < -0.4 is 9.47 Å². The second-order valence-corrected chi connectivity index (χ2v) is 9.53. The minimum absolute atomic E-state index is 0.00353. The SMILES string of the molecule is Cn1cc(C=C2Oc3cc(OC(=O)c4ccc(C(C)(C)C)cc4)ccc3C2=O)c2ccccc21. The molecule has 0 N–H and O–H groups in total. The molecule has 0 radical (unpaired) electrons. The van der Waals surface area contributed by atoms with Gasteiger partial charge in [0.1, 0.15) is 11.5 Å². The van der Waals surface area contributed by atoms with Crippen molar-refractivity contribution in [3.63, 3.8) is 0 Å². The molecule has 0 saturated carbocycles. The van der Waals surface area contributed by atoms with Gasteiger partial charge in [-0.15, -0.1) is 0 Å². The number of ketones is 1. The molecule has 0 amide bonds. The summed E-state index contributed by atoms with van der Waals surface area (Å²) in [5, 5.41) is 1.04. The summed E-state index contributed by atoms with van der Waals surface area (Å²) in [6.45, 7) is 6.36. The topological polar surface area (TPSA) is 57.5 Å². The zero-order chi connectivity index (χ0) is 24.0. The third kappa shape index (κ3) is 3.90. The maximum absolute atomic E-state index is 12.9. The van der Waals surface area contributed by atoms with E-state index in [9.17, 15) is 9.59 Å². The molecule has 0 unspecified atom stereocenters. The number of para-hydroxylation sites is 1. The zero-order valence-corrected chi connectivity index (χ0v) is 19.6. The van der Waals surface area contributed by atoms with E-state index in [0.29, 0.717) is 22.6 Å². The first-order valence-electron chi connectivity index (χ1n) is 11.2. The predicted molar refractivity (Wildman–Crippen MR) is 132 cm³/mol. The van der Waals surface area contributed by atoms with Gasteiger partial charge in [0.25, 0.3) is 0 Å². The summed E-state index contributed by atoms with van der Waals surface area (Å²) < 4.78 is 13.4. The lowest BCUT2D eigenvalue weighted by Gasteiger charge is -2.18. The second kappa shape index (κ2) is 8.03. The number of carbonyl (C=O) groups is 2. The highest BCUT2D eigenvalue weighted by atomic mass is 16.5. The fourth-order valence-corrected chi connectivity index (χ4v) is 4.13. The number of aryl methyl sites for hydroxylation is 1. The van der Waals surface area contributed by atoms with Crippen molar-refractivity contribution in [1.29, 1.82) is 0 Å². The molecule has 0 atom stereocenters. The van der Waals surface area contributed by atoms with Crippen molar-refractivity contribution in [2.75, 3.05) is 0 Å². The summed E-state index contributed by atoms with van der Waals surface area (Å²) in [5.74, 6) is 0.287. The number of allylic oxidation sites excluding steroid dienone is 1. The number of rotatable bonds is 3. The van der Waals surface area contributed by atoms with Crippen LogP contribution >= 0.6 is 0 Å². The Hall–Kier alpha value is -4.12. The van der Waals surface area contributed by atoms with Crippen molar-refractivity contribution < 1.29 is 19.1 Å². The van der Waals surface area contributed by atoms with E-state index >= 15 is 0 Å². The van der Waals surface area contributed by atoms with Crippen LogP contribution in [0.15, 0.2) is 78.7 Å². The Bertz CT molecular complexity index is 1470. The predicted octanol–water partition coefficient (Wildman–Crippen LogP) is 6.31. The molecule has 0 spiro atoms. The van der Waals surface area contributed by atoms with Crippen molar-refractivity contribution in [2.24, 2.45) is 7.05 Å². The number of Topliss-reactive ketones (excluding diaryl/α,β-unsaturated/α-hetero) is 1. The van der Waals surface area contributed by atoms with Crippen LogP contribution in [0.1, 0.15) is 52.6 Å². The van der Waals surface area contributed by atoms with Crippen molar-refractivity contribution in [3.8, 4) is 11.5 Å². The maximum Gasteiger partial charge on any atom is 0.343 e. The summed E-state index contributed by atoms with van der Waals surface area (Å²) in [7, 11) is 1.97. The molecule has 2 heterocycles. The molecule has 4 aromatic rings. The molecule has 0 bridgehead atoms. The van der Waals surface area contributed by atoms with Gasteiger partial charge in [-0.3, -0.25) is 4.79 Å². The van der Waals surface area contributed by atoms with Gasteiger partial charge in [-0.05, 0) is 47.4 Å². The van der Waals surface area contributed by atoms with Gasteiger partial charge in [-0.1, -0.05) is 51.1 Å². The van der Waals surface area contributed by atoms with E-state index in [1.54, 1.807) is 36.4 Å². The van der Waals surface area contributed by atoms with E-state index < -0.39 is 5.97 Å². The van der Waals surface area contributed by atoms with Gasteiger partial charge < -0.3 is 14.0 Å². The average molecular weight is 452 g/mol. The molecule has 1 aromatic heterocycles. The van der Waals surface area contributed by atoms with E-state index in [-0.39, 0.29) is 17.0 Å². The molecule has 34 heavy (non-hydrogen) atoms. The van der Waals surface area contributed by atoms with Crippen LogP contribution in [0.4, 0.5) is 0 Å². The van der Waals surface area contributed by atoms with Crippen LogP contribution in [0.5, 0.6) is 11.5 Å². The Labute approximate surface area is 198 Å².